The Labute approximate surface area is 71.1 Å². The van der Waals surface area contributed by atoms with Gasteiger partial charge < -0.3 is 15.4 Å². The maximum absolute atomic E-state index is 8.89. The molecule has 0 aliphatic rings. The Morgan fingerprint density at radius 3 is 1.57 bits per heavy atom. The summed E-state index contributed by atoms with van der Waals surface area (Å²) in [6, 6.07) is 0. The molecule has 1 N–H and O–H groups in total. The Kier molecular flexibility index (Phi) is 56.7. The summed E-state index contributed by atoms with van der Waals surface area (Å²) in [5.74, 6) is -1.08. The smallest absolute Gasteiger partial charge is 0.870 e. The standard InChI is InChI=1S/C2H4O2.Na.H2O.H2S/c1-2(3)4;;;/h1H3,(H,3,4);;2*1H2/q;+1;;/p-1. The summed E-state index contributed by atoms with van der Waals surface area (Å²) in [6.07, 6.45) is 0. The third kappa shape index (κ3) is 255. The fourth-order valence-electron chi connectivity index (χ4n) is 0. The molecule has 0 aromatic rings. The van der Waals surface area contributed by atoms with Crippen molar-refractivity contribution in [3.05, 3.63) is 0 Å². The molecule has 0 radical (unpaired) electrons. The molecule has 0 saturated carbocycles. The van der Waals surface area contributed by atoms with E-state index in [2.05, 4.69) is 0 Å². The first-order valence-electron chi connectivity index (χ1n) is 0.908. The molecule has 0 aliphatic carbocycles. The molecule has 0 unspecified atom stereocenters. The van der Waals surface area contributed by atoms with Crippen LogP contribution in [0.5, 0.6) is 0 Å². The van der Waals surface area contributed by atoms with Gasteiger partial charge in [-0.25, -0.2) is 0 Å². The molecular formula is C2H7NaO3S. The van der Waals surface area contributed by atoms with Crippen molar-refractivity contribution >= 4 is 19.5 Å². The Bertz CT molecular complexity index is 35.9. The quantitative estimate of drug-likeness (QED) is 0.245. The molecule has 0 spiro atoms. The molecule has 0 fully saturated rings. The van der Waals surface area contributed by atoms with Crippen LogP contribution in [-0.2, 0) is 18.3 Å². The zero-order chi connectivity index (χ0) is 3.58. The number of carboxylic acids is 1. The van der Waals surface area contributed by atoms with E-state index in [1.807, 2.05) is 0 Å². The Morgan fingerprint density at radius 2 is 1.57 bits per heavy atom. The van der Waals surface area contributed by atoms with E-state index in [1.165, 1.54) is 0 Å². The van der Waals surface area contributed by atoms with Gasteiger partial charge in [0.2, 0.25) is 0 Å². The van der Waals surface area contributed by atoms with E-state index >= 15 is 0 Å². The average Bonchev–Trinajstić information content (AvgIpc) is 0.811. The minimum Gasteiger partial charge on any atom is -0.870 e. The normalized spacial score (nSPS) is 3.57. The van der Waals surface area contributed by atoms with E-state index in [4.69, 9.17) is 9.90 Å². The van der Waals surface area contributed by atoms with Crippen LogP contribution in [0, 0.1) is 0 Å². The molecule has 0 heterocycles. The van der Waals surface area contributed by atoms with E-state index < -0.39 is 5.97 Å². The van der Waals surface area contributed by atoms with Crippen molar-refractivity contribution in [2.75, 3.05) is 0 Å². The predicted octanol–water partition coefficient (Wildman–Crippen LogP) is -5.22. The molecule has 0 bridgehead atoms. The van der Waals surface area contributed by atoms with E-state index in [0.29, 0.717) is 0 Å². The molecule has 0 aromatic carbocycles. The van der Waals surface area contributed by atoms with E-state index in [9.17, 15) is 0 Å². The van der Waals surface area contributed by atoms with Gasteiger partial charge in [-0.2, -0.15) is 0 Å². The maximum Gasteiger partial charge on any atom is 1.00 e. The van der Waals surface area contributed by atoms with Gasteiger partial charge in [-0.05, 0) is 6.92 Å². The molecule has 0 atom stereocenters. The number of hydrogen-bond donors (Lipinski definition) is 0. The average molecular weight is 134 g/mol. The molecule has 0 aliphatic heterocycles. The van der Waals surface area contributed by atoms with Crippen molar-refractivity contribution in [2.45, 2.75) is 6.92 Å². The molecule has 5 heteroatoms. The van der Waals surface area contributed by atoms with Gasteiger partial charge in [0, 0.05) is 5.97 Å². The zero-order valence-corrected chi connectivity index (χ0v) is 7.50. The number of aliphatic carboxylic acids is 1. The number of carbonyl (C=O) groups excluding carboxylic acids is 1. The number of rotatable bonds is 0. The van der Waals surface area contributed by atoms with Crippen LogP contribution in [0.3, 0.4) is 0 Å². The minimum absolute atomic E-state index is 0. The van der Waals surface area contributed by atoms with Crippen molar-refractivity contribution in [2.24, 2.45) is 0 Å². The first-order chi connectivity index (χ1) is 1.73. The van der Waals surface area contributed by atoms with Crippen LogP contribution in [0.1, 0.15) is 6.92 Å². The summed E-state index contributed by atoms with van der Waals surface area (Å²) in [5.41, 5.74) is 0. The van der Waals surface area contributed by atoms with Crippen molar-refractivity contribution in [1.29, 1.82) is 0 Å². The fourth-order valence-corrected chi connectivity index (χ4v) is 0. The van der Waals surface area contributed by atoms with Crippen LogP contribution in [0.4, 0.5) is 0 Å². The molecule has 3 nitrogen and oxygen atoms in total. The van der Waals surface area contributed by atoms with Crippen molar-refractivity contribution in [1.82, 2.24) is 0 Å². The van der Waals surface area contributed by atoms with E-state index in [1.54, 1.807) is 0 Å². The molecule has 0 saturated heterocycles. The Hall–Kier alpha value is 0.780. The van der Waals surface area contributed by atoms with Gasteiger partial charge in [-0.15, -0.1) is 0 Å². The molecule has 0 rings (SSSR count). The summed E-state index contributed by atoms with van der Waals surface area (Å²) in [5, 5.41) is 8.89. The van der Waals surface area contributed by atoms with Crippen LogP contribution in [0.25, 0.3) is 0 Å². The molecule has 0 amide bonds. The zero-order valence-electron chi connectivity index (χ0n) is 4.34. The van der Waals surface area contributed by atoms with Crippen LogP contribution < -0.4 is 34.7 Å². The van der Waals surface area contributed by atoms with Gasteiger partial charge in [-0.3, -0.25) is 0 Å². The summed E-state index contributed by atoms with van der Waals surface area (Å²) in [7, 11) is 0. The first kappa shape index (κ1) is 25.0. The van der Waals surface area contributed by atoms with E-state index in [0.717, 1.165) is 6.92 Å². The fraction of sp³-hybridized carbons (Fsp3) is 0.500. The summed E-state index contributed by atoms with van der Waals surface area (Å²) < 4.78 is 0. The van der Waals surface area contributed by atoms with Crippen LogP contribution in [0.2, 0.25) is 0 Å². The largest absolute Gasteiger partial charge is 1.00 e. The van der Waals surface area contributed by atoms with Crippen LogP contribution in [0.15, 0.2) is 0 Å². The number of carboxylic acid groups (broad SMARTS) is 1. The van der Waals surface area contributed by atoms with Gasteiger partial charge in [-0.1, -0.05) is 13.5 Å². The van der Waals surface area contributed by atoms with E-state index in [-0.39, 0.29) is 48.5 Å². The number of hydrogen-bond acceptors (Lipinski definition) is 3. The first-order valence-corrected chi connectivity index (χ1v) is 0.908. The van der Waals surface area contributed by atoms with Crippen molar-refractivity contribution in [3.8, 4) is 0 Å². The second kappa shape index (κ2) is 15.9. The molecular weight excluding hydrogens is 127 g/mol. The molecule has 40 valence electrons. The molecule has 7 heavy (non-hydrogen) atoms. The van der Waals surface area contributed by atoms with Gasteiger partial charge in [0.25, 0.3) is 0 Å². The number of carbonyl (C=O) groups is 1. The van der Waals surface area contributed by atoms with Gasteiger partial charge in [0.05, 0.1) is 0 Å². The second-order valence-electron chi connectivity index (χ2n) is 0.492. The summed E-state index contributed by atoms with van der Waals surface area (Å²) in [6.45, 7) is 0.972. The Balaban J connectivity index is -0.0000000150. The minimum atomic E-state index is -1.08. The second-order valence-corrected chi connectivity index (χ2v) is 0.492. The third-order valence-electron chi connectivity index (χ3n) is 0. The van der Waals surface area contributed by atoms with Crippen molar-refractivity contribution in [3.63, 3.8) is 0 Å². The molecule has 0 aromatic heterocycles. The predicted molar refractivity (Wildman–Crippen MR) is 24.2 cm³/mol. The SMILES string of the molecule is CC(=O)[O-].[Na+].[OH-].[SH3+]. The monoisotopic (exact) mass is 134 g/mol. The van der Waals surface area contributed by atoms with Gasteiger partial charge in [0.15, 0.2) is 0 Å². The van der Waals surface area contributed by atoms with Crippen LogP contribution in [-0.4, -0.2) is 11.4 Å². The van der Waals surface area contributed by atoms with Crippen molar-refractivity contribution < 1.29 is 44.9 Å². The Morgan fingerprint density at radius 1 is 1.57 bits per heavy atom. The maximum atomic E-state index is 8.89. The third-order valence-corrected chi connectivity index (χ3v) is 0. The van der Waals surface area contributed by atoms with Gasteiger partial charge >= 0.3 is 29.6 Å². The summed E-state index contributed by atoms with van der Waals surface area (Å²) in [4.78, 5) is 8.89. The van der Waals surface area contributed by atoms with Crippen LogP contribution >= 0.6 is 0 Å². The van der Waals surface area contributed by atoms with Gasteiger partial charge in [0.1, 0.15) is 0 Å². The topological polar surface area (TPSA) is 70.1 Å². The summed E-state index contributed by atoms with van der Waals surface area (Å²) >= 11 is 0.